The molecule has 0 aromatic heterocycles. The van der Waals surface area contributed by atoms with Gasteiger partial charge in [0.25, 0.3) is 0 Å². The Hall–Kier alpha value is -3.92. The number of carbonyl (C=O) groups is 1. The fourth-order valence-corrected chi connectivity index (χ4v) is 4.66. The van der Waals surface area contributed by atoms with Crippen LogP contribution in [0.25, 0.3) is 10.8 Å². The van der Waals surface area contributed by atoms with E-state index >= 15 is 0 Å². The standard InChI is InChI=1S/C36H41NO3/c1-2-3-4-5-6-7-8-9-10-13-26-39-34-24-19-31(20-25-34)36(38)40-35-22-16-29(17-23-35)28-37-33-21-18-30-14-11-12-15-32(30)27-33/h11-12,14-25,27-28H,2-10,13,26H2,1H3. The zero-order valence-electron chi connectivity index (χ0n) is 23.7. The smallest absolute Gasteiger partial charge is 0.343 e. The maximum Gasteiger partial charge on any atom is 0.343 e. The molecule has 4 aromatic carbocycles. The van der Waals surface area contributed by atoms with Gasteiger partial charge >= 0.3 is 5.97 Å². The van der Waals surface area contributed by atoms with Crippen molar-refractivity contribution in [1.82, 2.24) is 0 Å². The second-order valence-corrected chi connectivity index (χ2v) is 10.3. The lowest BCUT2D eigenvalue weighted by Crippen LogP contribution is -2.08. The van der Waals surface area contributed by atoms with Gasteiger partial charge in [-0.25, -0.2) is 4.79 Å². The molecular weight excluding hydrogens is 494 g/mol. The lowest BCUT2D eigenvalue weighted by molar-refractivity contribution is 0.0734. The molecule has 40 heavy (non-hydrogen) atoms. The number of aliphatic imine (C=N–C) groups is 1. The van der Waals surface area contributed by atoms with Gasteiger partial charge in [0.1, 0.15) is 11.5 Å². The van der Waals surface area contributed by atoms with Gasteiger partial charge in [0.05, 0.1) is 17.9 Å². The molecule has 0 unspecified atom stereocenters. The van der Waals surface area contributed by atoms with Crippen molar-refractivity contribution in [2.24, 2.45) is 4.99 Å². The molecule has 0 bridgehead atoms. The van der Waals surface area contributed by atoms with Crippen molar-refractivity contribution in [2.75, 3.05) is 6.61 Å². The van der Waals surface area contributed by atoms with E-state index in [-0.39, 0.29) is 5.97 Å². The maximum atomic E-state index is 12.6. The maximum absolute atomic E-state index is 12.6. The molecule has 4 aromatic rings. The average Bonchev–Trinajstić information content (AvgIpc) is 2.99. The molecule has 208 valence electrons. The van der Waals surface area contributed by atoms with Gasteiger partial charge in [-0.3, -0.25) is 4.99 Å². The second-order valence-electron chi connectivity index (χ2n) is 10.3. The highest BCUT2D eigenvalue weighted by Crippen LogP contribution is 2.22. The van der Waals surface area contributed by atoms with E-state index in [0.717, 1.165) is 28.8 Å². The van der Waals surface area contributed by atoms with E-state index in [1.54, 1.807) is 24.3 Å². The summed E-state index contributed by atoms with van der Waals surface area (Å²) in [5, 5.41) is 2.35. The molecule has 0 radical (unpaired) electrons. The Kier molecular flexibility index (Phi) is 11.8. The molecule has 0 heterocycles. The largest absolute Gasteiger partial charge is 0.494 e. The molecule has 0 aliphatic carbocycles. The Morgan fingerprint density at radius 3 is 2.00 bits per heavy atom. The first-order valence-electron chi connectivity index (χ1n) is 14.8. The van der Waals surface area contributed by atoms with Gasteiger partial charge in [-0.15, -0.1) is 0 Å². The number of rotatable bonds is 16. The summed E-state index contributed by atoms with van der Waals surface area (Å²) in [6, 6.07) is 28.9. The third-order valence-electron chi connectivity index (χ3n) is 7.04. The third kappa shape index (κ3) is 9.68. The van der Waals surface area contributed by atoms with Gasteiger partial charge in [-0.1, -0.05) is 95.0 Å². The number of unbranched alkanes of at least 4 members (excludes halogenated alkanes) is 9. The summed E-state index contributed by atoms with van der Waals surface area (Å²) >= 11 is 0. The highest BCUT2D eigenvalue weighted by atomic mass is 16.5. The first-order valence-corrected chi connectivity index (χ1v) is 14.8. The van der Waals surface area contributed by atoms with Crippen molar-refractivity contribution in [3.05, 3.63) is 102 Å². The van der Waals surface area contributed by atoms with Gasteiger partial charge in [-0.2, -0.15) is 0 Å². The van der Waals surface area contributed by atoms with Crippen LogP contribution in [-0.4, -0.2) is 18.8 Å². The Balaban J connectivity index is 1.15. The molecule has 4 rings (SSSR count). The van der Waals surface area contributed by atoms with Crippen molar-refractivity contribution < 1.29 is 14.3 Å². The Morgan fingerprint density at radius 1 is 0.675 bits per heavy atom. The number of fused-ring (bicyclic) bond motifs is 1. The van der Waals surface area contributed by atoms with Crippen molar-refractivity contribution in [2.45, 2.75) is 71.1 Å². The van der Waals surface area contributed by atoms with Crippen LogP contribution in [-0.2, 0) is 0 Å². The van der Waals surface area contributed by atoms with E-state index in [2.05, 4.69) is 36.2 Å². The molecule has 0 amide bonds. The van der Waals surface area contributed by atoms with Crippen LogP contribution in [0.3, 0.4) is 0 Å². The van der Waals surface area contributed by atoms with Crippen LogP contribution in [0.1, 0.15) is 87.1 Å². The highest BCUT2D eigenvalue weighted by molar-refractivity contribution is 5.91. The van der Waals surface area contributed by atoms with Crippen LogP contribution in [0.4, 0.5) is 5.69 Å². The average molecular weight is 536 g/mol. The molecule has 4 nitrogen and oxygen atoms in total. The first kappa shape index (κ1) is 29.1. The van der Waals surface area contributed by atoms with Crippen LogP contribution < -0.4 is 9.47 Å². The minimum Gasteiger partial charge on any atom is -0.494 e. The summed E-state index contributed by atoms with van der Waals surface area (Å²) in [4.78, 5) is 17.2. The van der Waals surface area contributed by atoms with E-state index < -0.39 is 0 Å². The van der Waals surface area contributed by atoms with Gasteiger partial charge in [-0.05, 0) is 83.4 Å². The number of hydrogen-bond donors (Lipinski definition) is 0. The van der Waals surface area contributed by atoms with E-state index in [4.69, 9.17) is 9.47 Å². The molecular formula is C36H41NO3. The van der Waals surface area contributed by atoms with E-state index in [1.807, 2.05) is 48.7 Å². The molecule has 0 aliphatic rings. The van der Waals surface area contributed by atoms with Gasteiger partial charge in [0.15, 0.2) is 0 Å². The number of hydrogen-bond acceptors (Lipinski definition) is 4. The van der Waals surface area contributed by atoms with Gasteiger partial charge in [0, 0.05) is 6.21 Å². The fourth-order valence-electron chi connectivity index (χ4n) is 4.66. The summed E-state index contributed by atoms with van der Waals surface area (Å²) in [5.74, 6) is 0.885. The zero-order chi connectivity index (χ0) is 27.8. The fraction of sp³-hybridized carbons (Fsp3) is 0.333. The van der Waals surface area contributed by atoms with Crippen LogP contribution in [0.2, 0.25) is 0 Å². The molecule has 0 spiro atoms. The minimum absolute atomic E-state index is 0.390. The molecule has 0 atom stereocenters. The predicted molar refractivity (Wildman–Crippen MR) is 166 cm³/mol. The molecule has 0 saturated carbocycles. The Labute approximate surface area is 239 Å². The molecule has 4 heteroatoms. The second kappa shape index (κ2) is 16.2. The Bertz CT molecular complexity index is 1340. The topological polar surface area (TPSA) is 47.9 Å². The monoisotopic (exact) mass is 535 g/mol. The molecule has 0 aliphatic heterocycles. The van der Waals surface area contributed by atoms with E-state index in [1.165, 1.54) is 63.2 Å². The number of benzene rings is 4. The van der Waals surface area contributed by atoms with Crippen molar-refractivity contribution in [1.29, 1.82) is 0 Å². The number of esters is 1. The first-order chi connectivity index (χ1) is 19.7. The molecule has 0 saturated heterocycles. The summed E-state index contributed by atoms with van der Waals surface area (Å²) < 4.78 is 11.4. The van der Waals surface area contributed by atoms with Crippen LogP contribution in [0, 0.1) is 0 Å². The lowest BCUT2D eigenvalue weighted by atomic mass is 10.1. The van der Waals surface area contributed by atoms with Crippen molar-refractivity contribution in [3.63, 3.8) is 0 Å². The van der Waals surface area contributed by atoms with E-state index in [0.29, 0.717) is 17.9 Å². The molecule has 0 N–H and O–H groups in total. The van der Waals surface area contributed by atoms with Gasteiger partial charge < -0.3 is 9.47 Å². The van der Waals surface area contributed by atoms with Crippen molar-refractivity contribution in [3.8, 4) is 11.5 Å². The minimum atomic E-state index is -0.390. The van der Waals surface area contributed by atoms with Crippen LogP contribution in [0.15, 0.2) is 96.0 Å². The quantitative estimate of drug-likeness (QED) is 0.0620. The summed E-state index contributed by atoms with van der Waals surface area (Å²) in [6.07, 6.45) is 14.9. The molecule has 0 fully saturated rings. The number of carbonyl (C=O) groups excluding carboxylic acids is 1. The number of ether oxygens (including phenoxy) is 2. The lowest BCUT2D eigenvalue weighted by Gasteiger charge is -2.08. The predicted octanol–water partition coefficient (Wildman–Crippen LogP) is 10.1. The third-order valence-corrected chi connectivity index (χ3v) is 7.04. The summed E-state index contributed by atoms with van der Waals surface area (Å²) in [5.41, 5.74) is 2.32. The Morgan fingerprint density at radius 2 is 1.30 bits per heavy atom. The van der Waals surface area contributed by atoms with Crippen molar-refractivity contribution >= 4 is 28.6 Å². The summed E-state index contributed by atoms with van der Waals surface area (Å²) in [6.45, 7) is 2.97. The SMILES string of the molecule is CCCCCCCCCCCCOc1ccc(C(=O)Oc2ccc(C=Nc3ccc4ccccc4c3)cc2)cc1. The van der Waals surface area contributed by atoms with E-state index in [9.17, 15) is 4.79 Å². The van der Waals surface area contributed by atoms with Crippen LogP contribution in [0.5, 0.6) is 11.5 Å². The summed E-state index contributed by atoms with van der Waals surface area (Å²) in [7, 11) is 0. The highest BCUT2D eigenvalue weighted by Gasteiger charge is 2.09. The normalized spacial score (nSPS) is 11.2. The number of nitrogens with zero attached hydrogens (tertiary/aromatic N) is 1. The zero-order valence-corrected chi connectivity index (χ0v) is 23.7. The van der Waals surface area contributed by atoms with Crippen LogP contribution >= 0.6 is 0 Å². The van der Waals surface area contributed by atoms with Gasteiger partial charge in [0.2, 0.25) is 0 Å².